The summed E-state index contributed by atoms with van der Waals surface area (Å²) in [6.07, 6.45) is 1.54. The summed E-state index contributed by atoms with van der Waals surface area (Å²) in [4.78, 5) is 23.6. The molecule has 0 aromatic heterocycles. The van der Waals surface area contributed by atoms with Gasteiger partial charge in [-0.05, 0) is 51.3 Å². The summed E-state index contributed by atoms with van der Waals surface area (Å²) in [7, 11) is 0. The van der Waals surface area contributed by atoms with Crippen molar-refractivity contribution in [1.82, 2.24) is 10.6 Å². The van der Waals surface area contributed by atoms with E-state index in [4.69, 9.17) is 16.3 Å². The first-order valence-corrected chi connectivity index (χ1v) is 8.12. The summed E-state index contributed by atoms with van der Waals surface area (Å²) in [6, 6.07) is 7.53. The molecule has 0 bridgehead atoms. The minimum absolute atomic E-state index is 0.0893. The van der Waals surface area contributed by atoms with Gasteiger partial charge in [-0.2, -0.15) is 0 Å². The molecule has 0 aliphatic heterocycles. The smallest absolute Gasteiger partial charge is 0.407 e. The van der Waals surface area contributed by atoms with Crippen LogP contribution in [0.25, 0.3) is 0 Å². The van der Waals surface area contributed by atoms with Crippen LogP contribution in [-0.4, -0.2) is 24.1 Å². The predicted octanol–water partition coefficient (Wildman–Crippen LogP) is 3.36. The Morgan fingerprint density at radius 2 is 1.83 bits per heavy atom. The van der Waals surface area contributed by atoms with Crippen LogP contribution in [-0.2, 0) is 15.1 Å². The number of carbonyl (C=O) groups is 2. The van der Waals surface area contributed by atoms with Crippen molar-refractivity contribution in [3.05, 3.63) is 34.9 Å². The molecule has 2 rings (SSSR count). The Labute approximate surface area is 141 Å². The molecule has 23 heavy (non-hydrogen) atoms. The highest BCUT2D eigenvalue weighted by atomic mass is 35.5. The molecule has 1 aliphatic rings. The number of hydrogen-bond donors (Lipinski definition) is 2. The van der Waals surface area contributed by atoms with E-state index in [1.54, 1.807) is 20.8 Å². The van der Waals surface area contributed by atoms with E-state index in [0.717, 1.165) is 18.4 Å². The van der Waals surface area contributed by atoms with Gasteiger partial charge in [0.2, 0.25) is 5.91 Å². The maximum absolute atomic E-state index is 12.1. The Bertz CT molecular complexity index is 574. The van der Waals surface area contributed by atoms with Crippen LogP contribution in [0.5, 0.6) is 0 Å². The van der Waals surface area contributed by atoms with E-state index < -0.39 is 11.7 Å². The summed E-state index contributed by atoms with van der Waals surface area (Å²) < 4.78 is 5.12. The molecular formula is C17H23ClN2O3. The molecule has 0 spiro atoms. The number of benzene rings is 1. The first-order valence-electron chi connectivity index (χ1n) is 7.74. The van der Waals surface area contributed by atoms with Gasteiger partial charge in [0.25, 0.3) is 0 Å². The summed E-state index contributed by atoms with van der Waals surface area (Å²) in [5.74, 6) is -0.0893. The molecule has 6 heteroatoms. The number of carbonyl (C=O) groups excluding carboxylic acids is 2. The predicted molar refractivity (Wildman–Crippen MR) is 89.4 cm³/mol. The second-order valence-corrected chi connectivity index (χ2v) is 7.25. The lowest BCUT2D eigenvalue weighted by molar-refractivity contribution is -0.122. The third-order valence-corrected chi connectivity index (χ3v) is 3.80. The fourth-order valence-electron chi connectivity index (χ4n) is 2.30. The largest absolute Gasteiger partial charge is 0.444 e. The van der Waals surface area contributed by atoms with Crippen LogP contribution in [0.2, 0.25) is 5.02 Å². The maximum Gasteiger partial charge on any atom is 0.407 e. The standard InChI is InChI=1S/C17H23ClN2O3/c1-16(2,3)23-15(22)19-11-8-14(21)20-17(9-10-17)12-4-6-13(18)7-5-12/h4-7H,8-11H2,1-3H3,(H,19,22)(H,20,21). The molecule has 0 saturated heterocycles. The molecule has 2 amide bonds. The van der Waals surface area contributed by atoms with E-state index in [1.807, 2.05) is 24.3 Å². The van der Waals surface area contributed by atoms with Crippen molar-refractivity contribution < 1.29 is 14.3 Å². The Morgan fingerprint density at radius 1 is 1.22 bits per heavy atom. The van der Waals surface area contributed by atoms with Crippen LogP contribution in [0.15, 0.2) is 24.3 Å². The number of amides is 2. The summed E-state index contributed by atoms with van der Waals surface area (Å²) in [5.41, 5.74) is 0.252. The molecule has 126 valence electrons. The minimum atomic E-state index is -0.543. The molecule has 0 heterocycles. The van der Waals surface area contributed by atoms with E-state index in [0.29, 0.717) is 5.02 Å². The van der Waals surface area contributed by atoms with Crippen LogP contribution in [0.3, 0.4) is 0 Å². The normalized spacial score (nSPS) is 15.7. The number of nitrogens with one attached hydrogen (secondary N) is 2. The van der Waals surface area contributed by atoms with Crippen molar-refractivity contribution in [2.24, 2.45) is 0 Å². The molecule has 1 aromatic carbocycles. The fraction of sp³-hybridized carbons (Fsp3) is 0.529. The van der Waals surface area contributed by atoms with E-state index in [-0.39, 0.29) is 24.4 Å². The van der Waals surface area contributed by atoms with Crippen molar-refractivity contribution in [3.63, 3.8) is 0 Å². The summed E-state index contributed by atoms with van der Waals surface area (Å²) in [5, 5.41) is 6.31. The summed E-state index contributed by atoms with van der Waals surface area (Å²) in [6.45, 7) is 5.63. The van der Waals surface area contributed by atoms with E-state index >= 15 is 0 Å². The zero-order chi connectivity index (χ0) is 17.1. The fourth-order valence-corrected chi connectivity index (χ4v) is 2.43. The lowest BCUT2D eigenvalue weighted by atomic mass is 10.0. The molecule has 0 unspecified atom stereocenters. The zero-order valence-electron chi connectivity index (χ0n) is 13.7. The van der Waals surface area contributed by atoms with Gasteiger partial charge in [0, 0.05) is 18.0 Å². The molecule has 1 fully saturated rings. The topological polar surface area (TPSA) is 67.4 Å². The number of hydrogen-bond acceptors (Lipinski definition) is 3. The Kier molecular flexibility index (Phi) is 5.19. The van der Waals surface area contributed by atoms with Gasteiger partial charge >= 0.3 is 6.09 Å². The van der Waals surface area contributed by atoms with E-state index in [2.05, 4.69) is 10.6 Å². The van der Waals surface area contributed by atoms with Crippen molar-refractivity contribution in [2.45, 2.75) is 51.2 Å². The third kappa shape index (κ3) is 5.43. The molecular weight excluding hydrogens is 316 g/mol. The Morgan fingerprint density at radius 3 is 2.35 bits per heavy atom. The number of rotatable bonds is 5. The van der Waals surface area contributed by atoms with Gasteiger partial charge in [-0.1, -0.05) is 23.7 Å². The molecule has 1 saturated carbocycles. The Hall–Kier alpha value is -1.75. The highest BCUT2D eigenvalue weighted by Gasteiger charge is 2.45. The van der Waals surface area contributed by atoms with Crippen molar-refractivity contribution in [2.75, 3.05) is 6.54 Å². The first kappa shape index (κ1) is 17.6. The van der Waals surface area contributed by atoms with Crippen LogP contribution < -0.4 is 10.6 Å². The minimum Gasteiger partial charge on any atom is -0.444 e. The molecule has 1 aliphatic carbocycles. The third-order valence-electron chi connectivity index (χ3n) is 3.55. The second kappa shape index (κ2) is 6.79. The van der Waals surface area contributed by atoms with E-state index in [1.165, 1.54) is 0 Å². The molecule has 0 atom stereocenters. The van der Waals surface area contributed by atoms with Crippen LogP contribution in [0.4, 0.5) is 4.79 Å². The maximum atomic E-state index is 12.1. The van der Waals surface area contributed by atoms with Gasteiger partial charge < -0.3 is 15.4 Å². The number of alkyl carbamates (subject to hydrolysis) is 1. The number of ether oxygens (including phenoxy) is 1. The van der Waals surface area contributed by atoms with Crippen molar-refractivity contribution in [1.29, 1.82) is 0 Å². The van der Waals surface area contributed by atoms with Gasteiger partial charge in [-0.15, -0.1) is 0 Å². The van der Waals surface area contributed by atoms with Crippen LogP contribution >= 0.6 is 11.6 Å². The van der Waals surface area contributed by atoms with Gasteiger partial charge in [-0.25, -0.2) is 4.79 Å². The average molecular weight is 339 g/mol. The Balaban J connectivity index is 1.77. The van der Waals surface area contributed by atoms with Gasteiger partial charge in [-0.3, -0.25) is 4.79 Å². The van der Waals surface area contributed by atoms with E-state index in [9.17, 15) is 9.59 Å². The average Bonchev–Trinajstić information content (AvgIpc) is 3.18. The lowest BCUT2D eigenvalue weighted by Crippen LogP contribution is -2.38. The highest BCUT2D eigenvalue weighted by Crippen LogP contribution is 2.45. The molecule has 5 nitrogen and oxygen atoms in total. The molecule has 2 N–H and O–H groups in total. The van der Waals surface area contributed by atoms with Gasteiger partial charge in [0.05, 0.1) is 5.54 Å². The molecule has 1 aromatic rings. The quantitative estimate of drug-likeness (QED) is 0.865. The SMILES string of the molecule is CC(C)(C)OC(=O)NCCC(=O)NC1(c2ccc(Cl)cc2)CC1. The van der Waals surface area contributed by atoms with Gasteiger partial charge in [0.15, 0.2) is 0 Å². The van der Waals surface area contributed by atoms with Crippen molar-refractivity contribution >= 4 is 23.6 Å². The second-order valence-electron chi connectivity index (χ2n) is 6.82. The van der Waals surface area contributed by atoms with Crippen molar-refractivity contribution in [3.8, 4) is 0 Å². The first-order chi connectivity index (χ1) is 10.7. The number of halogens is 1. The highest BCUT2D eigenvalue weighted by molar-refractivity contribution is 6.30. The monoisotopic (exact) mass is 338 g/mol. The van der Waals surface area contributed by atoms with Crippen LogP contribution in [0.1, 0.15) is 45.6 Å². The lowest BCUT2D eigenvalue weighted by Gasteiger charge is -2.20. The van der Waals surface area contributed by atoms with Crippen LogP contribution in [0, 0.1) is 0 Å². The summed E-state index contributed by atoms with van der Waals surface area (Å²) >= 11 is 5.89. The molecule has 0 radical (unpaired) electrons. The van der Waals surface area contributed by atoms with Gasteiger partial charge in [0.1, 0.15) is 5.60 Å². The zero-order valence-corrected chi connectivity index (χ0v) is 14.5.